The fraction of sp³-hybridized carbons (Fsp3) is 0.500. The Hall–Kier alpha value is -0.800. The number of anilines is 1. The molecule has 98 valence electrons. The van der Waals surface area contributed by atoms with Crippen molar-refractivity contribution < 1.29 is 0 Å². The van der Waals surface area contributed by atoms with E-state index in [1.54, 1.807) is 0 Å². The van der Waals surface area contributed by atoms with Crippen LogP contribution in [0.3, 0.4) is 0 Å². The van der Waals surface area contributed by atoms with Gasteiger partial charge in [0.05, 0.1) is 0 Å². The van der Waals surface area contributed by atoms with Crippen molar-refractivity contribution in [2.75, 3.05) is 5.32 Å². The van der Waals surface area contributed by atoms with Crippen LogP contribution >= 0.6 is 23.8 Å². The first-order chi connectivity index (χ1) is 8.74. The van der Waals surface area contributed by atoms with E-state index in [4.69, 9.17) is 23.8 Å². The normalized spacial score (nSPS) is 16.9. The Labute approximate surface area is 119 Å². The quantitative estimate of drug-likeness (QED) is 0.623. The van der Waals surface area contributed by atoms with Crippen molar-refractivity contribution >= 4 is 34.6 Å². The summed E-state index contributed by atoms with van der Waals surface area (Å²) in [5.74, 6) is 0. The molecule has 0 heterocycles. The second-order valence-corrected chi connectivity index (χ2v) is 5.64. The molecule has 1 aliphatic carbocycles. The number of hydrogen-bond acceptors (Lipinski definition) is 1. The average Bonchev–Trinajstić information content (AvgIpc) is 2.57. The maximum atomic E-state index is 5.94. The summed E-state index contributed by atoms with van der Waals surface area (Å²) in [6.45, 7) is 0. The number of halogens is 1. The summed E-state index contributed by atoms with van der Waals surface area (Å²) >= 11 is 11.3. The second-order valence-electron chi connectivity index (χ2n) is 4.80. The first kappa shape index (κ1) is 13.6. The molecule has 2 nitrogen and oxygen atoms in total. The van der Waals surface area contributed by atoms with Crippen molar-refractivity contribution in [3.8, 4) is 0 Å². The molecule has 0 amide bonds. The van der Waals surface area contributed by atoms with Crippen LogP contribution in [0.15, 0.2) is 24.3 Å². The molecule has 18 heavy (non-hydrogen) atoms. The lowest BCUT2D eigenvalue weighted by Crippen LogP contribution is -2.37. The van der Waals surface area contributed by atoms with Gasteiger partial charge in [-0.15, -0.1) is 0 Å². The van der Waals surface area contributed by atoms with Gasteiger partial charge in [-0.1, -0.05) is 43.4 Å². The minimum absolute atomic E-state index is 0.520. The minimum atomic E-state index is 0.520. The Morgan fingerprint density at radius 1 is 1.17 bits per heavy atom. The number of nitrogens with one attached hydrogen (secondary N) is 2. The van der Waals surface area contributed by atoms with Crippen LogP contribution in [-0.4, -0.2) is 11.2 Å². The number of thiocarbonyl (C=S) groups is 1. The van der Waals surface area contributed by atoms with E-state index in [9.17, 15) is 0 Å². The lowest BCUT2D eigenvalue weighted by atomic mass is 10.1. The Morgan fingerprint density at radius 3 is 2.56 bits per heavy atom. The number of benzene rings is 1. The second kappa shape index (κ2) is 6.95. The van der Waals surface area contributed by atoms with E-state index in [0.717, 1.165) is 10.7 Å². The van der Waals surface area contributed by atoms with Crippen LogP contribution in [0.1, 0.15) is 38.5 Å². The van der Waals surface area contributed by atoms with Crippen molar-refractivity contribution in [2.45, 2.75) is 44.6 Å². The van der Waals surface area contributed by atoms with E-state index in [1.165, 1.54) is 38.5 Å². The predicted molar refractivity (Wildman–Crippen MR) is 82.3 cm³/mol. The van der Waals surface area contributed by atoms with E-state index in [2.05, 4.69) is 10.6 Å². The van der Waals surface area contributed by atoms with Crippen LogP contribution in [0, 0.1) is 0 Å². The minimum Gasteiger partial charge on any atom is -0.360 e. The maximum absolute atomic E-state index is 5.94. The lowest BCUT2D eigenvalue weighted by Gasteiger charge is -2.19. The summed E-state index contributed by atoms with van der Waals surface area (Å²) in [6.07, 6.45) is 7.75. The van der Waals surface area contributed by atoms with Gasteiger partial charge in [-0.25, -0.2) is 0 Å². The van der Waals surface area contributed by atoms with Gasteiger partial charge < -0.3 is 10.6 Å². The molecule has 0 spiro atoms. The zero-order valence-electron chi connectivity index (χ0n) is 10.4. The van der Waals surface area contributed by atoms with Crippen molar-refractivity contribution in [1.82, 2.24) is 5.32 Å². The Bertz CT molecular complexity index is 401. The molecule has 0 unspecified atom stereocenters. The highest BCUT2D eigenvalue weighted by molar-refractivity contribution is 7.80. The molecule has 1 aromatic rings. The number of hydrogen-bond donors (Lipinski definition) is 2. The molecule has 1 aliphatic rings. The Kier molecular flexibility index (Phi) is 5.26. The van der Waals surface area contributed by atoms with Gasteiger partial charge in [0.2, 0.25) is 0 Å². The smallest absolute Gasteiger partial charge is 0.170 e. The van der Waals surface area contributed by atoms with Gasteiger partial charge in [-0.2, -0.15) is 0 Å². The summed E-state index contributed by atoms with van der Waals surface area (Å²) in [6, 6.07) is 8.13. The van der Waals surface area contributed by atoms with Crippen molar-refractivity contribution in [2.24, 2.45) is 0 Å². The molecule has 2 N–H and O–H groups in total. The highest BCUT2D eigenvalue weighted by Crippen LogP contribution is 2.18. The third-order valence-corrected chi connectivity index (χ3v) is 3.73. The van der Waals surface area contributed by atoms with Crippen molar-refractivity contribution in [1.29, 1.82) is 0 Å². The van der Waals surface area contributed by atoms with Crippen LogP contribution < -0.4 is 10.6 Å². The van der Waals surface area contributed by atoms with Crippen LogP contribution in [0.4, 0.5) is 5.69 Å². The maximum Gasteiger partial charge on any atom is 0.170 e. The molecule has 0 atom stereocenters. The molecule has 1 aromatic carbocycles. The summed E-state index contributed by atoms with van der Waals surface area (Å²) in [4.78, 5) is 0. The van der Waals surface area contributed by atoms with E-state index in [1.807, 2.05) is 24.3 Å². The molecule has 1 saturated carbocycles. The van der Waals surface area contributed by atoms with Crippen LogP contribution in [0.25, 0.3) is 0 Å². The first-order valence-corrected chi connectivity index (χ1v) is 7.36. The van der Waals surface area contributed by atoms with E-state index >= 15 is 0 Å². The predicted octanol–water partition coefficient (Wildman–Crippen LogP) is 4.35. The SMILES string of the molecule is S=C(Nc1cccc(Cl)c1)NC1CCCCCC1. The molecule has 0 aromatic heterocycles. The van der Waals surface area contributed by atoms with Gasteiger partial charge >= 0.3 is 0 Å². The molecule has 0 saturated heterocycles. The topological polar surface area (TPSA) is 24.1 Å². The van der Waals surface area contributed by atoms with Crippen molar-refractivity contribution in [3.63, 3.8) is 0 Å². The molecule has 1 fully saturated rings. The molecule has 0 bridgehead atoms. The number of rotatable bonds is 2. The van der Waals surface area contributed by atoms with E-state index < -0.39 is 0 Å². The summed E-state index contributed by atoms with van der Waals surface area (Å²) in [5.41, 5.74) is 0.939. The Balaban J connectivity index is 1.84. The van der Waals surface area contributed by atoms with Gasteiger partial charge in [0.1, 0.15) is 0 Å². The summed E-state index contributed by atoms with van der Waals surface area (Å²) < 4.78 is 0. The Morgan fingerprint density at radius 2 is 1.89 bits per heavy atom. The monoisotopic (exact) mass is 282 g/mol. The molecule has 0 radical (unpaired) electrons. The first-order valence-electron chi connectivity index (χ1n) is 6.57. The van der Waals surface area contributed by atoms with E-state index in [0.29, 0.717) is 11.2 Å². The molecule has 0 aliphatic heterocycles. The third kappa shape index (κ3) is 4.46. The molecule has 2 rings (SSSR count). The largest absolute Gasteiger partial charge is 0.360 e. The van der Waals surface area contributed by atoms with Crippen molar-refractivity contribution in [3.05, 3.63) is 29.3 Å². The fourth-order valence-electron chi connectivity index (χ4n) is 2.34. The van der Waals surface area contributed by atoms with Gasteiger partial charge in [0.25, 0.3) is 0 Å². The fourth-order valence-corrected chi connectivity index (χ4v) is 2.82. The van der Waals surface area contributed by atoms with E-state index in [-0.39, 0.29) is 0 Å². The van der Waals surface area contributed by atoms with Gasteiger partial charge in [0.15, 0.2) is 5.11 Å². The van der Waals surface area contributed by atoms with Crippen LogP contribution in [0.5, 0.6) is 0 Å². The summed E-state index contributed by atoms with van der Waals surface area (Å²) in [7, 11) is 0. The average molecular weight is 283 g/mol. The zero-order valence-corrected chi connectivity index (χ0v) is 12.0. The highest BCUT2D eigenvalue weighted by atomic mass is 35.5. The van der Waals surface area contributed by atoms with Gasteiger partial charge in [-0.3, -0.25) is 0 Å². The standard InChI is InChI=1S/C14H19ClN2S/c15-11-6-5-9-13(10-11)17-14(18)16-12-7-3-1-2-4-8-12/h5-6,9-10,12H,1-4,7-8H2,(H2,16,17,18). The van der Waals surface area contributed by atoms with Gasteiger partial charge in [-0.05, 0) is 43.3 Å². The third-order valence-electron chi connectivity index (χ3n) is 3.27. The molecular weight excluding hydrogens is 264 g/mol. The summed E-state index contributed by atoms with van der Waals surface area (Å²) in [5, 5.41) is 8.01. The molecular formula is C14H19ClN2S. The van der Waals surface area contributed by atoms with Gasteiger partial charge in [0, 0.05) is 16.8 Å². The molecule has 4 heteroatoms. The van der Waals surface area contributed by atoms with Crippen LogP contribution in [-0.2, 0) is 0 Å². The zero-order chi connectivity index (χ0) is 12.8. The highest BCUT2D eigenvalue weighted by Gasteiger charge is 2.12. The van der Waals surface area contributed by atoms with Crippen LogP contribution in [0.2, 0.25) is 5.02 Å². The lowest BCUT2D eigenvalue weighted by molar-refractivity contribution is 0.535.